The standard InChI is InChI=1S/C18H19N3O3S2/c1-9(17(19)22)21-18(23)16-10(2)25-15-5-4-12(6-14(15)16)24-8-13-7-20-11(3)26-13/h4-7,9H,8H2,1-3H3,(H2,19,22)(H,21,23)/t9-/m0/s1. The number of carbonyl (C=O) groups excluding carboxylic acids is 2. The quantitative estimate of drug-likeness (QED) is 0.677. The van der Waals surface area contributed by atoms with Crippen molar-refractivity contribution in [3.05, 3.63) is 44.7 Å². The molecule has 3 N–H and O–H groups in total. The molecule has 0 bridgehead atoms. The number of aryl methyl sites for hydroxylation is 2. The summed E-state index contributed by atoms with van der Waals surface area (Å²) in [5.41, 5.74) is 5.79. The van der Waals surface area contributed by atoms with Gasteiger partial charge in [-0.3, -0.25) is 9.59 Å². The number of hydrogen-bond donors (Lipinski definition) is 2. The van der Waals surface area contributed by atoms with Gasteiger partial charge in [-0.05, 0) is 39.0 Å². The van der Waals surface area contributed by atoms with Gasteiger partial charge in [0, 0.05) is 21.2 Å². The van der Waals surface area contributed by atoms with Gasteiger partial charge in [0.05, 0.1) is 15.4 Å². The zero-order chi connectivity index (χ0) is 18.8. The van der Waals surface area contributed by atoms with Crippen LogP contribution in [-0.2, 0) is 11.4 Å². The molecular weight excluding hydrogens is 370 g/mol. The van der Waals surface area contributed by atoms with Crippen molar-refractivity contribution in [2.24, 2.45) is 5.73 Å². The van der Waals surface area contributed by atoms with Gasteiger partial charge in [0.1, 0.15) is 18.4 Å². The molecule has 136 valence electrons. The van der Waals surface area contributed by atoms with E-state index in [-0.39, 0.29) is 5.91 Å². The summed E-state index contributed by atoms with van der Waals surface area (Å²) < 4.78 is 6.83. The van der Waals surface area contributed by atoms with Gasteiger partial charge in [-0.15, -0.1) is 22.7 Å². The zero-order valence-electron chi connectivity index (χ0n) is 14.7. The van der Waals surface area contributed by atoms with Crippen molar-refractivity contribution in [1.82, 2.24) is 10.3 Å². The first-order chi connectivity index (χ1) is 12.3. The van der Waals surface area contributed by atoms with Gasteiger partial charge in [0.15, 0.2) is 0 Å². The lowest BCUT2D eigenvalue weighted by Crippen LogP contribution is -2.42. The van der Waals surface area contributed by atoms with E-state index in [1.54, 1.807) is 24.5 Å². The highest BCUT2D eigenvalue weighted by Gasteiger charge is 2.20. The number of rotatable bonds is 6. The van der Waals surface area contributed by atoms with E-state index in [0.717, 1.165) is 24.8 Å². The Morgan fingerprint density at radius 3 is 2.73 bits per heavy atom. The molecule has 1 atom stereocenters. The monoisotopic (exact) mass is 389 g/mol. The topological polar surface area (TPSA) is 94.3 Å². The van der Waals surface area contributed by atoms with Gasteiger partial charge < -0.3 is 15.8 Å². The van der Waals surface area contributed by atoms with E-state index in [0.29, 0.717) is 17.9 Å². The minimum absolute atomic E-state index is 0.310. The summed E-state index contributed by atoms with van der Waals surface area (Å²) in [6, 6.07) is 4.95. The summed E-state index contributed by atoms with van der Waals surface area (Å²) in [5.74, 6) is -0.201. The molecule has 2 amide bonds. The number of thiazole rings is 1. The number of thiophene rings is 1. The normalized spacial score (nSPS) is 12.1. The second-order valence-corrected chi connectivity index (χ2v) is 8.50. The average Bonchev–Trinajstić information content (AvgIpc) is 3.14. The summed E-state index contributed by atoms with van der Waals surface area (Å²) in [4.78, 5) is 29.9. The van der Waals surface area contributed by atoms with Gasteiger partial charge in [-0.25, -0.2) is 4.98 Å². The Morgan fingerprint density at radius 2 is 2.08 bits per heavy atom. The predicted molar refractivity (Wildman–Crippen MR) is 104 cm³/mol. The summed E-state index contributed by atoms with van der Waals surface area (Å²) in [6.45, 7) is 5.83. The van der Waals surface area contributed by atoms with Crippen LogP contribution in [-0.4, -0.2) is 22.8 Å². The fourth-order valence-electron chi connectivity index (χ4n) is 2.54. The summed E-state index contributed by atoms with van der Waals surface area (Å²) >= 11 is 3.12. The van der Waals surface area contributed by atoms with Gasteiger partial charge in [-0.1, -0.05) is 0 Å². The Morgan fingerprint density at radius 1 is 1.31 bits per heavy atom. The maximum atomic E-state index is 12.6. The van der Waals surface area contributed by atoms with Gasteiger partial charge in [0.2, 0.25) is 5.91 Å². The molecule has 2 aromatic heterocycles. The second kappa shape index (κ2) is 7.43. The number of nitrogens with two attached hydrogens (primary N) is 1. The lowest BCUT2D eigenvalue weighted by atomic mass is 10.1. The van der Waals surface area contributed by atoms with Crippen LogP contribution in [0.4, 0.5) is 0 Å². The molecule has 1 aromatic carbocycles. The highest BCUT2D eigenvalue weighted by Crippen LogP contribution is 2.33. The maximum absolute atomic E-state index is 12.6. The molecule has 6 nitrogen and oxygen atoms in total. The van der Waals surface area contributed by atoms with Crippen LogP contribution >= 0.6 is 22.7 Å². The molecular formula is C18H19N3O3S2. The summed E-state index contributed by atoms with van der Waals surface area (Å²) in [7, 11) is 0. The van der Waals surface area contributed by atoms with Crippen LogP contribution in [0.25, 0.3) is 10.1 Å². The van der Waals surface area contributed by atoms with Gasteiger partial charge in [-0.2, -0.15) is 0 Å². The molecule has 26 heavy (non-hydrogen) atoms. The number of nitrogens with zero attached hydrogens (tertiary/aromatic N) is 1. The second-order valence-electron chi connectivity index (χ2n) is 5.92. The van der Waals surface area contributed by atoms with Crippen LogP contribution in [0.2, 0.25) is 0 Å². The van der Waals surface area contributed by atoms with Crippen LogP contribution in [0.5, 0.6) is 5.75 Å². The lowest BCUT2D eigenvalue weighted by Gasteiger charge is -2.10. The summed E-state index contributed by atoms with van der Waals surface area (Å²) in [5, 5.41) is 4.44. The van der Waals surface area contributed by atoms with Gasteiger partial charge >= 0.3 is 0 Å². The van der Waals surface area contributed by atoms with Crippen LogP contribution < -0.4 is 15.8 Å². The largest absolute Gasteiger partial charge is 0.488 e. The van der Waals surface area contributed by atoms with E-state index in [4.69, 9.17) is 10.5 Å². The first kappa shape index (κ1) is 18.3. The van der Waals surface area contributed by atoms with E-state index in [9.17, 15) is 9.59 Å². The van der Waals surface area contributed by atoms with Crippen LogP contribution in [0, 0.1) is 13.8 Å². The number of aromatic nitrogens is 1. The number of amides is 2. The minimum atomic E-state index is -0.731. The van der Waals surface area contributed by atoms with Crippen LogP contribution in [0.1, 0.15) is 32.0 Å². The highest BCUT2D eigenvalue weighted by molar-refractivity contribution is 7.19. The molecule has 0 saturated carbocycles. The average molecular weight is 390 g/mol. The maximum Gasteiger partial charge on any atom is 0.253 e. The minimum Gasteiger partial charge on any atom is -0.488 e. The van der Waals surface area contributed by atoms with Crippen LogP contribution in [0.3, 0.4) is 0 Å². The predicted octanol–water partition coefficient (Wildman–Crippen LogP) is 3.16. The number of nitrogens with one attached hydrogen (secondary N) is 1. The summed E-state index contributed by atoms with van der Waals surface area (Å²) in [6.07, 6.45) is 1.80. The Labute approximate surface area is 159 Å². The number of benzene rings is 1. The number of primary amides is 1. The SMILES string of the molecule is Cc1ncc(COc2ccc3sc(C)c(C(=O)N[C@@H](C)C(N)=O)c3c2)s1. The Hall–Kier alpha value is -2.45. The lowest BCUT2D eigenvalue weighted by molar-refractivity contribution is -0.119. The van der Waals surface area contributed by atoms with Crippen molar-refractivity contribution in [3.63, 3.8) is 0 Å². The molecule has 2 heterocycles. The van der Waals surface area contributed by atoms with Crippen LogP contribution in [0.15, 0.2) is 24.4 Å². The van der Waals surface area contributed by atoms with E-state index in [1.165, 1.54) is 11.3 Å². The number of ether oxygens (including phenoxy) is 1. The van der Waals surface area contributed by atoms with Crippen molar-refractivity contribution in [1.29, 1.82) is 0 Å². The highest BCUT2D eigenvalue weighted by atomic mass is 32.1. The molecule has 0 spiro atoms. The van der Waals surface area contributed by atoms with Crippen molar-refractivity contribution in [3.8, 4) is 5.75 Å². The first-order valence-electron chi connectivity index (χ1n) is 8.02. The number of hydrogen-bond acceptors (Lipinski definition) is 6. The fraction of sp³-hybridized carbons (Fsp3) is 0.278. The molecule has 0 saturated heterocycles. The molecule has 3 aromatic rings. The van der Waals surface area contributed by atoms with E-state index in [2.05, 4.69) is 10.3 Å². The van der Waals surface area contributed by atoms with E-state index < -0.39 is 11.9 Å². The van der Waals surface area contributed by atoms with E-state index in [1.807, 2.05) is 32.0 Å². The molecule has 0 aliphatic heterocycles. The molecule has 0 fully saturated rings. The van der Waals surface area contributed by atoms with Gasteiger partial charge in [0.25, 0.3) is 5.91 Å². The Kier molecular flexibility index (Phi) is 5.24. The Bertz CT molecular complexity index is 977. The van der Waals surface area contributed by atoms with Crippen molar-refractivity contribution in [2.45, 2.75) is 33.4 Å². The molecule has 0 aliphatic rings. The van der Waals surface area contributed by atoms with Crippen molar-refractivity contribution >= 4 is 44.6 Å². The molecule has 3 rings (SSSR count). The fourth-order valence-corrected chi connectivity index (χ4v) is 4.29. The Balaban J connectivity index is 1.85. The smallest absolute Gasteiger partial charge is 0.253 e. The third-order valence-corrected chi connectivity index (χ3v) is 5.86. The zero-order valence-corrected chi connectivity index (χ0v) is 16.3. The number of fused-ring (bicyclic) bond motifs is 1. The molecule has 8 heteroatoms. The van der Waals surface area contributed by atoms with Crippen molar-refractivity contribution < 1.29 is 14.3 Å². The molecule has 0 unspecified atom stereocenters. The number of carbonyl (C=O) groups is 2. The van der Waals surface area contributed by atoms with E-state index >= 15 is 0 Å². The third kappa shape index (κ3) is 3.86. The first-order valence-corrected chi connectivity index (χ1v) is 9.66. The third-order valence-electron chi connectivity index (χ3n) is 3.89. The van der Waals surface area contributed by atoms with Crippen molar-refractivity contribution in [2.75, 3.05) is 0 Å². The molecule has 0 radical (unpaired) electrons. The molecule has 0 aliphatic carbocycles.